The molecule has 20 heavy (non-hydrogen) atoms. The molecule has 1 aliphatic heterocycles. The molecule has 1 saturated heterocycles. The molecule has 1 aliphatic rings. The van der Waals surface area contributed by atoms with Gasteiger partial charge in [0.15, 0.2) is 0 Å². The molecule has 0 saturated carbocycles. The Bertz CT molecular complexity index is 614. The molecule has 0 bridgehead atoms. The van der Waals surface area contributed by atoms with E-state index in [-0.39, 0.29) is 22.4 Å². The first kappa shape index (κ1) is 15.8. The number of hydrogen-bond donors (Lipinski definition) is 1. The van der Waals surface area contributed by atoms with Gasteiger partial charge in [0.05, 0.1) is 4.90 Å². The van der Waals surface area contributed by atoms with Crippen LogP contribution in [-0.2, 0) is 13.8 Å². The van der Waals surface area contributed by atoms with E-state index in [4.69, 9.17) is 15.4 Å². The van der Waals surface area contributed by atoms with E-state index in [1.54, 1.807) is 6.07 Å². The van der Waals surface area contributed by atoms with E-state index in [2.05, 4.69) is 21.2 Å². The van der Waals surface area contributed by atoms with Crippen LogP contribution in [0, 0.1) is 0 Å². The number of nitrogens with one attached hydrogen (secondary N) is 1. The highest BCUT2D eigenvalue weighted by Crippen LogP contribution is 2.26. The van der Waals surface area contributed by atoms with Gasteiger partial charge in [0.25, 0.3) is 15.0 Å². The minimum Gasteiger partial charge on any atom is -0.381 e. The van der Waals surface area contributed by atoms with E-state index in [1.165, 1.54) is 12.1 Å². The van der Waals surface area contributed by atoms with Crippen LogP contribution in [0.3, 0.4) is 0 Å². The summed E-state index contributed by atoms with van der Waals surface area (Å²) in [5.74, 6) is -0.314. The summed E-state index contributed by atoms with van der Waals surface area (Å²) in [5.41, 5.74) is 0.263. The average Bonchev–Trinajstić information content (AvgIpc) is 2.39. The molecule has 5 nitrogen and oxygen atoms in total. The minimum atomic E-state index is -3.90. The molecule has 1 aromatic rings. The summed E-state index contributed by atoms with van der Waals surface area (Å²) in [6, 6.07) is 4.36. The van der Waals surface area contributed by atoms with Crippen molar-refractivity contribution in [3.05, 3.63) is 28.2 Å². The molecule has 0 aromatic heterocycles. The van der Waals surface area contributed by atoms with Gasteiger partial charge >= 0.3 is 0 Å². The van der Waals surface area contributed by atoms with Gasteiger partial charge in [-0.05, 0) is 47.0 Å². The molecule has 1 amide bonds. The van der Waals surface area contributed by atoms with Crippen molar-refractivity contribution < 1.29 is 17.9 Å². The van der Waals surface area contributed by atoms with Gasteiger partial charge in [0.2, 0.25) is 0 Å². The van der Waals surface area contributed by atoms with Crippen molar-refractivity contribution >= 4 is 41.6 Å². The van der Waals surface area contributed by atoms with Gasteiger partial charge in [-0.3, -0.25) is 4.79 Å². The maximum absolute atomic E-state index is 12.1. The molecule has 2 rings (SSSR count). The molecule has 0 radical (unpaired) electrons. The van der Waals surface area contributed by atoms with Gasteiger partial charge in [-0.1, -0.05) is 0 Å². The first-order valence-corrected chi connectivity index (χ1v) is 9.11. The van der Waals surface area contributed by atoms with Crippen LogP contribution >= 0.6 is 26.6 Å². The van der Waals surface area contributed by atoms with Crippen LogP contribution in [0.2, 0.25) is 0 Å². The van der Waals surface area contributed by atoms with Gasteiger partial charge in [-0.25, -0.2) is 8.42 Å². The SMILES string of the molecule is O=C(NC1CCOCC1)c1ccc(Br)c(S(=O)(=O)Cl)c1. The topological polar surface area (TPSA) is 72.5 Å². The van der Waals surface area contributed by atoms with Gasteiger partial charge in [-0.2, -0.15) is 0 Å². The van der Waals surface area contributed by atoms with Crippen molar-refractivity contribution in [2.24, 2.45) is 0 Å². The molecular weight excluding hydrogens is 370 g/mol. The van der Waals surface area contributed by atoms with Crippen LogP contribution in [0.5, 0.6) is 0 Å². The van der Waals surface area contributed by atoms with E-state index < -0.39 is 9.05 Å². The van der Waals surface area contributed by atoms with Crippen molar-refractivity contribution in [2.45, 2.75) is 23.8 Å². The predicted molar refractivity (Wildman–Crippen MR) is 78.5 cm³/mol. The molecule has 0 atom stereocenters. The first-order valence-electron chi connectivity index (χ1n) is 6.01. The zero-order valence-electron chi connectivity index (χ0n) is 10.4. The number of rotatable bonds is 3. The minimum absolute atomic E-state index is 0.0518. The van der Waals surface area contributed by atoms with Gasteiger partial charge in [-0.15, -0.1) is 0 Å². The second kappa shape index (κ2) is 6.43. The summed E-state index contributed by atoms with van der Waals surface area (Å²) in [7, 11) is 1.43. The smallest absolute Gasteiger partial charge is 0.262 e. The Morgan fingerprint density at radius 3 is 2.60 bits per heavy atom. The Morgan fingerprint density at radius 1 is 1.35 bits per heavy atom. The Kier molecular flexibility index (Phi) is 5.06. The number of carbonyl (C=O) groups excluding carboxylic acids is 1. The van der Waals surface area contributed by atoms with Gasteiger partial charge in [0.1, 0.15) is 0 Å². The summed E-state index contributed by atoms with van der Waals surface area (Å²) in [5, 5.41) is 2.86. The normalized spacial score (nSPS) is 16.9. The summed E-state index contributed by atoms with van der Waals surface area (Å²) < 4.78 is 28.4. The third-order valence-corrected chi connectivity index (χ3v) is 5.33. The van der Waals surface area contributed by atoms with Gasteiger partial charge < -0.3 is 10.1 Å². The fraction of sp³-hybridized carbons (Fsp3) is 0.417. The molecule has 8 heteroatoms. The quantitative estimate of drug-likeness (QED) is 0.814. The van der Waals surface area contributed by atoms with Crippen LogP contribution in [0.15, 0.2) is 27.6 Å². The molecule has 110 valence electrons. The lowest BCUT2D eigenvalue weighted by molar-refractivity contribution is 0.0696. The molecule has 1 fully saturated rings. The van der Waals surface area contributed by atoms with E-state index in [9.17, 15) is 13.2 Å². The van der Waals surface area contributed by atoms with Crippen LogP contribution < -0.4 is 5.32 Å². The summed E-state index contributed by atoms with van der Waals surface area (Å²) in [6.07, 6.45) is 1.51. The number of amides is 1. The number of hydrogen-bond acceptors (Lipinski definition) is 4. The highest BCUT2D eigenvalue weighted by atomic mass is 79.9. The Balaban J connectivity index is 2.18. The summed E-state index contributed by atoms with van der Waals surface area (Å²) in [4.78, 5) is 12.0. The lowest BCUT2D eigenvalue weighted by Gasteiger charge is -2.23. The Morgan fingerprint density at radius 2 is 2.00 bits per heavy atom. The third-order valence-electron chi connectivity index (χ3n) is 3.01. The van der Waals surface area contributed by atoms with Crippen molar-refractivity contribution in [3.63, 3.8) is 0 Å². The molecule has 1 heterocycles. The summed E-state index contributed by atoms with van der Waals surface area (Å²) >= 11 is 3.10. The lowest BCUT2D eigenvalue weighted by atomic mass is 10.1. The number of halogens is 2. The Labute approximate surface area is 130 Å². The third kappa shape index (κ3) is 3.94. The van der Waals surface area contributed by atoms with E-state index in [0.29, 0.717) is 17.7 Å². The van der Waals surface area contributed by atoms with Crippen molar-refractivity contribution in [1.82, 2.24) is 5.32 Å². The van der Waals surface area contributed by atoms with Crippen LogP contribution in [0.1, 0.15) is 23.2 Å². The molecule has 0 unspecified atom stereocenters. The molecule has 1 aromatic carbocycles. The number of ether oxygens (including phenoxy) is 1. The van der Waals surface area contributed by atoms with Crippen molar-refractivity contribution in [2.75, 3.05) is 13.2 Å². The monoisotopic (exact) mass is 381 g/mol. The van der Waals surface area contributed by atoms with E-state index in [0.717, 1.165) is 12.8 Å². The van der Waals surface area contributed by atoms with Crippen LogP contribution in [0.4, 0.5) is 0 Å². The van der Waals surface area contributed by atoms with Crippen molar-refractivity contribution in [1.29, 1.82) is 0 Å². The van der Waals surface area contributed by atoms with Crippen LogP contribution in [-0.4, -0.2) is 33.6 Å². The fourth-order valence-electron chi connectivity index (χ4n) is 1.94. The predicted octanol–water partition coefficient (Wildman–Crippen LogP) is 2.29. The van der Waals surface area contributed by atoms with Gasteiger partial charge in [0, 0.05) is 40.0 Å². The maximum Gasteiger partial charge on any atom is 0.262 e. The first-order chi connectivity index (χ1) is 9.38. The van der Waals surface area contributed by atoms with Crippen LogP contribution in [0.25, 0.3) is 0 Å². The van der Waals surface area contributed by atoms with E-state index >= 15 is 0 Å². The maximum atomic E-state index is 12.1. The number of carbonyl (C=O) groups is 1. The molecule has 0 aliphatic carbocycles. The zero-order chi connectivity index (χ0) is 14.8. The lowest BCUT2D eigenvalue weighted by Crippen LogP contribution is -2.38. The molecule has 0 spiro atoms. The zero-order valence-corrected chi connectivity index (χ0v) is 13.6. The fourth-order valence-corrected chi connectivity index (χ4v) is 4.06. The summed E-state index contributed by atoms with van der Waals surface area (Å²) in [6.45, 7) is 1.24. The second-order valence-electron chi connectivity index (χ2n) is 4.44. The molecule has 1 N–H and O–H groups in total. The average molecular weight is 383 g/mol. The highest BCUT2D eigenvalue weighted by molar-refractivity contribution is 9.10. The second-order valence-corrected chi connectivity index (χ2v) is 7.83. The standard InChI is InChI=1S/C12H13BrClNO4S/c13-10-2-1-8(7-11(10)20(14,17)18)12(16)15-9-3-5-19-6-4-9/h1-2,7,9H,3-6H2,(H,15,16). The molecular formula is C12H13BrClNO4S. The largest absolute Gasteiger partial charge is 0.381 e. The highest BCUT2D eigenvalue weighted by Gasteiger charge is 2.20. The van der Waals surface area contributed by atoms with E-state index in [1.807, 2.05) is 0 Å². The Hall–Kier alpha value is -0.630. The number of benzene rings is 1. The van der Waals surface area contributed by atoms with Crippen molar-refractivity contribution in [3.8, 4) is 0 Å².